The summed E-state index contributed by atoms with van der Waals surface area (Å²) in [6, 6.07) is 1.70. The number of ether oxygens (including phenoxy) is 1. The third kappa shape index (κ3) is 3.06. The molecule has 0 aromatic carbocycles. The average molecular weight is 301 g/mol. The number of hydrogen-bond donors (Lipinski definition) is 2. The number of aromatic amines is 1. The van der Waals surface area contributed by atoms with Crippen LogP contribution in [0.25, 0.3) is 0 Å². The minimum atomic E-state index is -3.48. The molecule has 6 nitrogen and oxygen atoms in total. The van der Waals surface area contributed by atoms with Gasteiger partial charge in [0, 0.05) is 25.0 Å². The molecule has 1 saturated heterocycles. The fourth-order valence-corrected chi connectivity index (χ4v) is 4.12. The molecule has 0 unspecified atom stereocenters. The Bertz CT molecular complexity index is 551. The molecular weight excluding hydrogens is 278 g/mol. The van der Waals surface area contributed by atoms with Gasteiger partial charge in [-0.25, -0.2) is 8.42 Å². The van der Waals surface area contributed by atoms with Crippen molar-refractivity contribution in [2.45, 2.75) is 37.8 Å². The van der Waals surface area contributed by atoms with Crippen LogP contribution in [0.5, 0.6) is 0 Å². The van der Waals surface area contributed by atoms with E-state index in [-0.39, 0.29) is 0 Å². The monoisotopic (exact) mass is 301 g/mol. The fraction of sp³-hybridized carbons (Fsp3) is 0.692. The summed E-state index contributed by atoms with van der Waals surface area (Å²) in [5.74, 6) is 0. The molecule has 20 heavy (non-hydrogen) atoms. The highest BCUT2D eigenvalue weighted by atomic mass is 32.2. The Kier molecular flexibility index (Phi) is 4.53. The van der Waals surface area contributed by atoms with Crippen LogP contribution in [0.4, 0.5) is 0 Å². The van der Waals surface area contributed by atoms with Gasteiger partial charge in [0.2, 0.25) is 10.0 Å². The van der Waals surface area contributed by atoms with E-state index in [4.69, 9.17) is 4.74 Å². The summed E-state index contributed by atoms with van der Waals surface area (Å²) in [4.78, 5) is 3.33. The van der Waals surface area contributed by atoms with Gasteiger partial charge in [0.15, 0.2) is 0 Å². The predicted molar refractivity (Wildman–Crippen MR) is 77.0 cm³/mol. The maximum atomic E-state index is 12.7. The van der Waals surface area contributed by atoms with Gasteiger partial charge in [-0.15, -0.1) is 0 Å². The third-order valence-electron chi connectivity index (χ3n) is 3.44. The Morgan fingerprint density at radius 2 is 2.25 bits per heavy atom. The van der Waals surface area contributed by atoms with Gasteiger partial charge in [-0.2, -0.15) is 4.31 Å². The van der Waals surface area contributed by atoms with Crippen molar-refractivity contribution in [1.29, 1.82) is 0 Å². The van der Waals surface area contributed by atoms with E-state index >= 15 is 0 Å². The van der Waals surface area contributed by atoms with Gasteiger partial charge in [-0.3, -0.25) is 0 Å². The summed E-state index contributed by atoms with van der Waals surface area (Å²) in [5, 5.41) is 3.17. The molecule has 2 rings (SSSR count). The molecule has 7 heteroatoms. The Labute approximate surface area is 120 Å². The van der Waals surface area contributed by atoms with Crippen molar-refractivity contribution >= 4 is 10.0 Å². The topological polar surface area (TPSA) is 74.4 Å². The molecule has 0 amide bonds. The molecular formula is C13H23N3O3S. The molecule has 1 fully saturated rings. The van der Waals surface area contributed by atoms with Crippen LogP contribution in [0.3, 0.4) is 0 Å². The van der Waals surface area contributed by atoms with Crippen molar-refractivity contribution in [2.75, 3.05) is 26.3 Å². The molecule has 0 radical (unpaired) electrons. The molecule has 1 aliphatic heterocycles. The van der Waals surface area contributed by atoms with Gasteiger partial charge in [0.05, 0.1) is 23.6 Å². The SMILES string of the molecule is CCNCc1cc(S(=O)(=O)N2CCOCC2(C)C)c[nH]1. The number of nitrogens with one attached hydrogen (secondary N) is 2. The summed E-state index contributed by atoms with van der Waals surface area (Å²) in [5.41, 5.74) is 0.354. The van der Waals surface area contributed by atoms with Crippen LogP contribution in [0.15, 0.2) is 17.2 Å². The highest BCUT2D eigenvalue weighted by Crippen LogP contribution is 2.27. The van der Waals surface area contributed by atoms with Crippen LogP contribution < -0.4 is 5.32 Å². The summed E-state index contributed by atoms with van der Waals surface area (Å²) >= 11 is 0. The second-order valence-corrected chi connectivity index (χ2v) is 7.45. The number of nitrogens with zero attached hydrogens (tertiary/aromatic N) is 1. The summed E-state index contributed by atoms with van der Waals surface area (Å²) in [7, 11) is -3.48. The molecule has 0 spiro atoms. The molecule has 114 valence electrons. The highest BCUT2D eigenvalue weighted by Gasteiger charge is 2.40. The van der Waals surface area contributed by atoms with Crippen LogP contribution >= 0.6 is 0 Å². The molecule has 0 aliphatic carbocycles. The number of H-pyrrole nitrogens is 1. The number of aromatic nitrogens is 1. The van der Waals surface area contributed by atoms with Crippen LogP contribution in [0.2, 0.25) is 0 Å². The average Bonchev–Trinajstić information content (AvgIpc) is 2.85. The van der Waals surface area contributed by atoms with Gasteiger partial charge >= 0.3 is 0 Å². The normalized spacial score (nSPS) is 20.1. The van der Waals surface area contributed by atoms with E-state index in [0.717, 1.165) is 12.2 Å². The van der Waals surface area contributed by atoms with Gasteiger partial charge in [-0.1, -0.05) is 6.92 Å². The van der Waals surface area contributed by atoms with Gasteiger partial charge < -0.3 is 15.0 Å². The molecule has 0 atom stereocenters. The van der Waals surface area contributed by atoms with Gasteiger partial charge in [0.1, 0.15) is 0 Å². The Hall–Kier alpha value is -0.890. The van der Waals surface area contributed by atoms with Crippen LogP contribution in [0.1, 0.15) is 26.5 Å². The first-order valence-electron chi connectivity index (χ1n) is 6.86. The molecule has 2 heterocycles. The zero-order chi connectivity index (χ0) is 14.8. The van der Waals surface area contributed by atoms with Crippen molar-refractivity contribution in [3.63, 3.8) is 0 Å². The number of rotatable bonds is 5. The van der Waals surface area contributed by atoms with Crippen molar-refractivity contribution < 1.29 is 13.2 Å². The van der Waals surface area contributed by atoms with Crippen molar-refractivity contribution in [1.82, 2.24) is 14.6 Å². The third-order valence-corrected chi connectivity index (χ3v) is 5.53. The van der Waals surface area contributed by atoms with Crippen molar-refractivity contribution in [2.24, 2.45) is 0 Å². The molecule has 2 N–H and O–H groups in total. The fourth-order valence-electron chi connectivity index (χ4n) is 2.35. The van der Waals surface area contributed by atoms with E-state index in [0.29, 0.717) is 31.2 Å². The van der Waals surface area contributed by atoms with E-state index in [1.807, 2.05) is 20.8 Å². The predicted octanol–water partition coefficient (Wildman–Crippen LogP) is 0.924. The maximum absolute atomic E-state index is 12.7. The van der Waals surface area contributed by atoms with Crippen LogP contribution in [-0.2, 0) is 21.3 Å². The van der Waals surface area contributed by atoms with Crippen molar-refractivity contribution in [3.8, 4) is 0 Å². The van der Waals surface area contributed by atoms with E-state index in [1.165, 1.54) is 4.31 Å². The van der Waals surface area contributed by atoms with Gasteiger partial charge in [-0.05, 0) is 26.5 Å². The molecule has 0 bridgehead atoms. The highest BCUT2D eigenvalue weighted by molar-refractivity contribution is 7.89. The summed E-state index contributed by atoms with van der Waals surface area (Å²) in [6.07, 6.45) is 1.56. The zero-order valence-corrected chi connectivity index (χ0v) is 13.1. The molecule has 1 aliphatic rings. The number of morpholine rings is 1. The van der Waals surface area contributed by atoms with E-state index in [9.17, 15) is 8.42 Å². The van der Waals surface area contributed by atoms with E-state index < -0.39 is 15.6 Å². The smallest absolute Gasteiger partial charge is 0.245 e. The first kappa shape index (κ1) is 15.5. The quantitative estimate of drug-likeness (QED) is 0.848. The summed E-state index contributed by atoms with van der Waals surface area (Å²) in [6.45, 7) is 8.51. The largest absolute Gasteiger partial charge is 0.378 e. The number of sulfonamides is 1. The Morgan fingerprint density at radius 3 is 2.90 bits per heavy atom. The molecule has 1 aromatic rings. The van der Waals surface area contributed by atoms with Crippen LogP contribution in [0, 0.1) is 0 Å². The second kappa shape index (κ2) is 5.85. The standard InChI is InChI=1S/C13H23N3O3S/c1-4-14-8-11-7-12(9-15-11)20(17,18)16-5-6-19-10-13(16,2)3/h7,9,14-15H,4-6,8,10H2,1-3H3. The Morgan fingerprint density at radius 1 is 1.50 bits per heavy atom. The van der Waals surface area contributed by atoms with Crippen molar-refractivity contribution in [3.05, 3.63) is 18.0 Å². The minimum Gasteiger partial charge on any atom is -0.378 e. The maximum Gasteiger partial charge on any atom is 0.245 e. The lowest BCUT2D eigenvalue weighted by atomic mass is 10.1. The van der Waals surface area contributed by atoms with Crippen LogP contribution in [-0.4, -0.2) is 49.5 Å². The first-order valence-corrected chi connectivity index (χ1v) is 8.30. The number of hydrogen-bond acceptors (Lipinski definition) is 4. The lowest BCUT2D eigenvalue weighted by molar-refractivity contribution is -0.00770. The minimum absolute atomic E-state index is 0.320. The molecule has 1 aromatic heterocycles. The lowest BCUT2D eigenvalue weighted by Gasteiger charge is -2.40. The second-order valence-electron chi connectivity index (χ2n) is 5.58. The lowest BCUT2D eigenvalue weighted by Crippen LogP contribution is -2.55. The summed E-state index contributed by atoms with van der Waals surface area (Å²) < 4.78 is 32.4. The molecule has 0 saturated carbocycles. The van der Waals surface area contributed by atoms with E-state index in [2.05, 4.69) is 10.3 Å². The van der Waals surface area contributed by atoms with Gasteiger partial charge in [0.25, 0.3) is 0 Å². The Balaban J connectivity index is 2.23. The zero-order valence-electron chi connectivity index (χ0n) is 12.3. The first-order chi connectivity index (χ1) is 9.38. The van der Waals surface area contributed by atoms with E-state index in [1.54, 1.807) is 12.3 Å².